The van der Waals surface area contributed by atoms with Gasteiger partial charge in [-0.3, -0.25) is 0 Å². The van der Waals surface area contributed by atoms with Crippen LogP contribution in [0.2, 0.25) is 0 Å². The monoisotopic (exact) mass is 300 g/mol. The zero-order chi connectivity index (χ0) is 15.3. The van der Waals surface area contributed by atoms with Crippen molar-refractivity contribution in [3.05, 3.63) is 65.2 Å². The van der Waals surface area contributed by atoms with Crippen molar-refractivity contribution in [3.8, 4) is 6.07 Å². The summed E-state index contributed by atoms with van der Waals surface area (Å²) in [6, 6.07) is 15.9. The van der Waals surface area contributed by atoms with E-state index in [9.17, 15) is 8.42 Å². The molecule has 0 aliphatic rings. The maximum absolute atomic E-state index is 12.1. The average Bonchev–Trinajstić information content (AvgIpc) is 2.47. The summed E-state index contributed by atoms with van der Waals surface area (Å²) in [5, 5.41) is 8.81. The van der Waals surface area contributed by atoms with Crippen LogP contribution in [0.4, 0.5) is 0 Å². The van der Waals surface area contributed by atoms with Crippen LogP contribution in [-0.2, 0) is 16.4 Å². The summed E-state index contributed by atoms with van der Waals surface area (Å²) in [4.78, 5) is 0.116. The summed E-state index contributed by atoms with van der Waals surface area (Å²) in [6.07, 6.45) is 0.624. The Bertz CT molecular complexity index is 777. The second kappa shape index (κ2) is 6.53. The molecule has 108 valence electrons. The highest BCUT2D eigenvalue weighted by Crippen LogP contribution is 2.11. The first-order valence-corrected chi connectivity index (χ1v) is 8.05. The van der Waals surface area contributed by atoms with Crippen molar-refractivity contribution in [1.82, 2.24) is 4.72 Å². The largest absolute Gasteiger partial charge is 0.240 e. The third-order valence-corrected chi connectivity index (χ3v) is 4.52. The van der Waals surface area contributed by atoms with Gasteiger partial charge in [-0.05, 0) is 37.1 Å². The smallest absolute Gasteiger partial charge is 0.211 e. The Kier molecular flexibility index (Phi) is 4.73. The van der Waals surface area contributed by atoms with Gasteiger partial charge in [0.1, 0.15) is 0 Å². The van der Waals surface area contributed by atoms with E-state index < -0.39 is 10.0 Å². The van der Waals surface area contributed by atoms with Crippen molar-refractivity contribution in [2.45, 2.75) is 18.2 Å². The minimum absolute atomic E-state index is 0.116. The molecule has 0 heterocycles. The molecule has 0 saturated carbocycles. The first-order valence-electron chi connectivity index (χ1n) is 6.57. The van der Waals surface area contributed by atoms with E-state index in [1.54, 1.807) is 12.1 Å². The number of nitrogens with one attached hydrogen (secondary N) is 1. The van der Waals surface area contributed by atoms with Gasteiger partial charge < -0.3 is 0 Å². The molecule has 0 fully saturated rings. The molecule has 2 rings (SSSR count). The fourth-order valence-electron chi connectivity index (χ4n) is 2.01. The number of rotatable bonds is 5. The van der Waals surface area contributed by atoms with Crippen molar-refractivity contribution < 1.29 is 8.42 Å². The van der Waals surface area contributed by atoms with Crippen LogP contribution in [0, 0.1) is 18.3 Å². The molecule has 1 N–H and O–H groups in total. The van der Waals surface area contributed by atoms with E-state index >= 15 is 0 Å². The molecule has 0 aliphatic carbocycles. The minimum Gasteiger partial charge on any atom is -0.211 e. The van der Waals surface area contributed by atoms with E-state index in [2.05, 4.69) is 4.72 Å². The lowest BCUT2D eigenvalue weighted by Gasteiger charge is -2.07. The quantitative estimate of drug-likeness (QED) is 0.921. The topological polar surface area (TPSA) is 70.0 Å². The molecular formula is C16H16N2O2S. The van der Waals surface area contributed by atoms with Gasteiger partial charge in [-0.15, -0.1) is 0 Å². The maximum Gasteiger partial charge on any atom is 0.240 e. The number of sulfonamides is 1. The lowest BCUT2D eigenvalue weighted by atomic mass is 10.1. The number of aryl methyl sites for hydroxylation is 1. The Morgan fingerprint density at radius 2 is 1.90 bits per heavy atom. The Morgan fingerprint density at radius 1 is 1.14 bits per heavy atom. The number of nitriles is 1. The molecule has 2 aromatic carbocycles. The molecule has 0 aromatic heterocycles. The van der Waals surface area contributed by atoms with Crippen LogP contribution in [0.5, 0.6) is 0 Å². The summed E-state index contributed by atoms with van der Waals surface area (Å²) in [6.45, 7) is 2.32. The third kappa shape index (κ3) is 4.15. The highest BCUT2D eigenvalue weighted by atomic mass is 32.2. The van der Waals surface area contributed by atoms with Crippen LogP contribution in [0.25, 0.3) is 0 Å². The van der Waals surface area contributed by atoms with Crippen LogP contribution in [0.3, 0.4) is 0 Å². The third-order valence-electron chi connectivity index (χ3n) is 3.06. The van der Waals surface area contributed by atoms with E-state index in [0.29, 0.717) is 18.5 Å². The van der Waals surface area contributed by atoms with E-state index in [1.165, 1.54) is 12.1 Å². The van der Waals surface area contributed by atoms with Gasteiger partial charge in [-0.1, -0.05) is 35.9 Å². The normalized spacial score (nSPS) is 11.0. The predicted octanol–water partition coefficient (Wildman–Crippen LogP) is 2.39. The minimum atomic E-state index is -3.57. The van der Waals surface area contributed by atoms with Crippen LogP contribution < -0.4 is 4.72 Å². The molecule has 0 radical (unpaired) electrons. The molecule has 21 heavy (non-hydrogen) atoms. The van der Waals surface area contributed by atoms with Crippen LogP contribution >= 0.6 is 0 Å². The van der Waals surface area contributed by atoms with Gasteiger partial charge in [0.15, 0.2) is 0 Å². The van der Waals surface area contributed by atoms with Gasteiger partial charge in [-0.2, -0.15) is 5.26 Å². The molecule has 0 amide bonds. The highest BCUT2D eigenvalue weighted by Gasteiger charge is 2.13. The number of nitrogens with zero attached hydrogens (tertiary/aromatic N) is 1. The Labute approximate surface area is 125 Å². The first kappa shape index (κ1) is 15.2. The fourth-order valence-corrected chi connectivity index (χ4v) is 3.09. The maximum atomic E-state index is 12.1. The average molecular weight is 300 g/mol. The molecule has 0 spiro atoms. The molecule has 0 aliphatic heterocycles. The summed E-state index contributed by atoms with van der Waals surface area (Å²) in [5.41, 5.74) is 2.57. The van der Waals surface area contributed by atoms with Gasteiger partial charge >= 0.3 is 0 Å². The predicted molar refractivity (Wildman–Crippen MR) is 81.2 cm³/mol. The van der Waals surface area contributed by atoms with Crippen molar-refractivity contribution in [1.29, 1.82) is 5.26 Å². The van der Waals surface area contributed by atoms with E-state index in [4.69, 9.17) is 5.26 Å². The molecule has 0 bridgehead atoms. The van der Waals surface area contributed by atoms with E-state index in [0.717, 1.165) is 11.1 Å². The summed E-state index contributed by atoms with van der Waals surface area (Å²) >= 11 is 0. The van der Waals surface area contributed by atoms with Gasteiger partial charge in [0.05, 0.1) is 16.5 Å². The Hall–Kier alpha value is -2.16. The molecule has 4 nitrogen and oxygen atoms in total. The second-order valence-corrected chi connectivity index (χ2v) is 6.54. The van der Waals surface area contributed by atoms with E-state index in [1.807, 2.05) is 37.3 Å². The molecule has 2 aromatic rings. The van der Waals surface area contributed by atoms with Gasteiger partial charge in [0.25, 0.3) is 0 Å². The SMILES string of the molecule is Cc1cccc(CCNS(=O)(=O)c2cccc(C#N)c2)c1. The van der Waals surface area contributed by atoms with Crippen LogP contribution in [0.1, 0.15) is 16.7 Å². The zero-order valence-corrected chi connectivity index (χ0v) is 12.5. The van der Waals surface area contributed by atoms with Gasteiger partial charge in [0, 0.05) is 6.54 Å². The standard InChI is InChI=1S/C16H16N2O2S/c1-13-4-2-5-14(10-13)8-9-18-21(19,20)16-7-3-6-15(11-16)12-17/h2-7,10-11,18H,8-9H2,1H3. The summed E-state index contributed by atoms with van der Waals surface area (Å²) < 4.78 is 26.8. The number of benzene rings is 2. The molecule has 0 unspecified atom stereocenters. The zero-order valence-electron chi connectivity index (χ0n) is 11.7. The fraction of sp³-hybridized carbons (Fsp3) is 0.188. The molecule has 0 atom stereocenters. The van der Waals surface area contributed by atoms with Crippen molar-refractivity contribution in [3.63, 3.8) is 0 Å². The lowest BCUT2D eigenvalue weighted by Crippen LogP contribution is -2.26. The van der Waals surface area contributed by atoms with E-state index in [-0.39, 0.29) is 4.90 Å². The summed E-state index contributed by atoms with van der Waals surface area (Å²) in [5.74, 6) is 0. The van der Waals surface area contributed by atoms with Crippen LogP contribution in [0.15, 0.2) is 53.4 Å². The van der Waals surface area contributed by atoms with Gasteiger partial charge in [0.2, 0.25) is 10.0 Å². The second-order valence-electron chi connectivity index (χ2n) is 4.78. The number of hydrogen-bond donors (Lipinski definition) is 1. The van der Waals surface area contributed by atoms with Crippen molar-refractivity contribution >= 4 is 10.0 Å². The number of hydrogen-bond acceptors (Lipinski definition) is 3. The Morgan fingerprint density at radius 3 is 2.62 bits per heavy atom. The van der Waals surface area contributed by atoms with Crippen LogP contribution in [-0.4, -0.2) is 15.0 Å². The van der Waals surface area contributed by atoms with Gasteiger partial charge in [-0.25, -0.2) is 13.1 Å². The lowest BCUT2D eigenvalue weighted by molar-refractivity contribution is 0.581. The van der Waals surface area contributed by atoms with Crippen molar-refractivity contribution in [2.24, 2.45) is 0 Å². The highest BCUT2D eigenvalue weighted by molar-refractivity contribution is 7.89. The first-order chi connectivity index (χ1) is 10.0. The van der Waals surface area contributed by atoms with Crippen molar-refractivity contribution in [2.75, 3.05) is 6.54 Å². The molecule has 5 heteroatoms. The molecule has 0 saturated heterocycles. The Balaban J connectivity index is 2.03. The molecular weight excluding hydrogens is 284 g/mol. The summed E-state index contributed by atoms with van der Waals surface area (Å²) in [7, 11) is -3.57.